The molecule has 1 heterocycles. The lowest BCUT2D eigenvalue weighted by Gasteiger charge is -2.41. The van der Waals surface area contributed by atoms with Gasteiger partial charge in [-0.3, -0.25) is 14.5 Å². The van der Waals surface area contributed by atoms with Crippen molar-refractivity contribution in [3.63, 3.8) is 0 Å². The van der Waals surface area contributed by atoms with E-state index in [9.17, 15) is 9.59 Å². The maximum atomic E-state index is 13.2. The van der Waals surface area contributed by atoms with Crippen molar-refractivity contribution in [2.45, 2.75) is 58.3 Å². The summed E-state index contributed by atoms with van der Waals surface area (Å²) in [4.78, 5) is 27.5. The molecule has 2 amide bonds. The standard InChI is InChI=1S/C21H27NO3/c1-5-9-17(25-14-15-10-7-6-8-11-15)19(24)22-18(23)16-12-13-21(22,4)20(16,2)3/h5-8,10-11,16-17H,1,9,12-14H2,2-4H3/t16-,17+,21-/m1/s1. The van der Waals surface area contributed by atoms with Crippen LogP contribution in [0.2, 0.25) is 0 Å². The van der Waals surface area contributed by atoms with Gasteiger partial charge in [-0.1, -0.05) is 50.3 Å². The Morgan fingerprint density at radius 3 is 2.60 bits per heavy atom. The van der Waals surface area contributed by atoms with Crippen LogP contribution in [0.4, 0.5) is 0 Å². The van der Waals surface area contributed by atoms with Crippen LogP contribution in [0.1, 0.15) is 45.6 Å². The highest BCUT2D eigenvalue weighted by Gasteiger charge is 2.67. The average Bonchev–Trinajstić information content (AvgIpc) is 2.90. The lowest BCUT2D eigenvalue weighted by Crippen LogP contribution is -2.55. The van der Waals surface area contributed by atoms with Gasteiger partial charge in [0.25, 0.3) is 5.91 Å². The highest BCUT2D eigenvalue weighted by Crippen LogP contribution is 2.59. The van der Waals surface area contributed by atoms with E-state index in [1.807, 2.05) is 37.3 Å². The molecule has 4 heteroatoms. The second kappa shape index (κ2) is 6.41. The van der Waals surface area contributed by atoms with Gasteiger partial charge in [0.1, 0.15) is 6.10 Å². The number of carbonyl (C=O) groups is 2. The van der Waals surface area contributed by atoms with Crippen LogP contribution in [0.3, 0.4) is 0 Å². The van der Waals surface area contributed by atoms with Crippen molar-refractivity contribution in [1.29, 1.82) is 0 Å². The molecule has 2 bridgehead atoms. The maximum Gasteiger partial charge on any atom is 0.259 e. The van der Waals surface area contributed by atoms with E-state index in [0.29, 0.717) is 13.0 Å². The fourth-order valence-corrected chi connectivity index (χ4v) is 4.37. The van der Waals surface area contributed by atoms with E-state index in [1.54, 1.807) is 6.08 Å². The molecule has 25 heavy (non-hydrogen) atoms. The zero-order valence-electron chi connectivity index (χ0n) is 15.3. The van der Waals surface area contributed by atoms with Gasteiger partial charge in [-0.05, 0) is 30.7 Å². The van der Waals surface area contributed by atoms with Gasteiger partial charge in [0.2, 0.25) is 5.91 Å². The van der Waals surface area contributed by atoms with Crippen molar-refractivity contribution in [1.82, 2.24) is 4.90 Å². The van der Waals surface area contributed by atoms with Crippen LogP contribution in [0, 0.1) is 11.3 Å². The molecule has 3 rings (SSSR count). The highest BCUT2D eigenvalue weighted by atomic mass is 16.5. The van der Waals surface area contributed by atoms with Crippen LogP contribution in [-0.4, -0.2) is 28.4 Å². The summed E-state index contributed by atoms with van der Waals surface area (Å²) >= 11 is 0. The molecule has 0 N–H and O–H groups in total. The van der Waals surface area contributed by atoms with Crippen molar-refractivity contribution < 1.29 is 14.3 Å². The number of piperidine rings is 1. The van der Waals surface area contributed by atoms with Crippen LogP contribution in [0.15, 0.2) is 43.0 Å². The van der Waals surface area contributed by atoms with Crippen molar-refractivity contribution >= 4 is 11.8 Å². The Labute approximate surface area is 149 Å². The third-order valence-electron chi connectivity index (χ3n) is 6.36. The number of fused-ring (bicyclic) bond motifs is 2. The van der Waals surface area contributed by atoms with E-state index in [-0.39, 0.29) is 23.1 Å². The third-order valence-corrected chi connectivity index (χ3v) is 6.36. The van der Waals surface area contributed by atoms with E-state index < -0.39 is 11.6 Å². The second-order valence-electron chi connectivity index (χ2n) is 7.91. The SMILES string of the molecule is C=CC[C@H](OCc1ccccc1)C(=O)N1C(=O)[C@H]2CC[C@]1(C)C2(C)C. The predicted octanol–water partition coefficient (Wildman–Crippen LogP) is 3.71. The quantitative estimate of drug-likeness (QED) is 0.741. The number of ether oxygens (including phenoxy) is 1. The van der Waals surface area contributed by atoms with Crippen molar-refractivity contribution in [3.05, 3.63) is 48.6 Å². The molecule has 3 atom stereocenters. The first-order valence-corrected chi connectivity index (χ1v) is 8.97. The second-order valence-corrected chi connectivity index (χ2v) is 7.91. The van der Waals surface area contributed by atoms with Crippen LogP contribution in [-0.2, 0) is 20.9 Å². The fraction of sp³-hybridized carbons (Fsp3) is 0.524. The summed E-state index contributed by atoms with van der Waals surface area (Å²) in [7, 11) is 0. The summed E-state index contributed by atoms with van der Waals surface area (Å²) in [6.07, 6.45) is 3.13. The van der Waals surface area contributed by atoms with Gasteiger partial charge >= 0.3 is 0 Å². The summed E-state index contributed by atoms with van der Waals surface area (Å²) in [6, 6.07) is 9.75. The molecule has 4 nitrogen and oxygen atoms in total. The van der Waals surface area contributed by atoms with Gasteiger partial charge in [-0.25, -0.2) is 0 Å². The first kappa shape index (κ1) is 17.9. The normalized spacial score (nSPS) is 28.2. The van der Waals surface area contributed by atoms with Gasteiger partial charge < -0.3 is 4.74 Å². The fourth-order valence-electron chi connectivity index (χ4n) is 4.37. The van der Waals surface area contributed by atoms with Gasteiger partial charge in [0.15, 0.2) is 0 Å². The van der Waals surface area contributed by atoms with E-state index >= 15 is 0 Å². The number of carbonyl (C=O) groups excluding carboxylic acids is 2. The maximum absolute atomic E-state index is 13.2. The summed E-state index contributed by atoms with van der Waals surface area (Å²) in [5, 5.41) is 0. The molecule has 0 aromatic heterocycles. The van der Waals surface area contributed by atoms with Crippen molar-refractivity contribution in [2.24, 2.45) is 11.3 Å². The zero-order valence-corrected chi connectivity index (χ0v) is 15.3. The minimum Gasteiger partial charge on any atom is -0.363 e. The minimum atomic E-state index is -0.673. The summed E-state index contributed by atoms with van der Waals surface area (Å²) in [6.45, 7) is 10.3. The smallest absolute Gasteiger partial charge is 0.259 e. The third kappa shape index (κ3) is 2.73. The van der Waals surface area contributed by atoms with E-state index in [4.69, 9.17) is 4.74 Å². The van der Waals surface area contributed by atoms with Gasteiger partial charge in [-0.15, -0.1) is 6.58 Å². The number of hydrogen-bond donors (Lipinski definition) is 0. The molecule has 1 saturated heterocycles. The van der Waals surface area contributed by atoms with Crippen LogP contribution >= 0.6 is 0 Å². The molecular formula is C21H27NO3. The van der Waals surface area contributed by atoms with Crippen LogP contribution in [0.25, 0.3) is 0 Å². The Balaban J connectivity index is 1.79. The molecule has 0 radical (unpaired) electrons. The van der Waals surface area contributed by atoms with Gasteiger partial charge in [0, 0.05) is 12.3 Å². The molecule has 1 aromatic rings. The molecule has 134 valence electrons. The van der Waals surface area contributed by atoms with E-state index in [0.717, 1.165) is 18.4 Å². The van der Waals surface area contributed by atoms with E-state index in [1.165, 1.54) is 4.90 Å². The van der Waals surface area contributed by atoms with Crippen LogP contribution < -0.4 is 0 Å². The Morgan fingerprint density at radius 1 is 1.36 bits per heavy atom. The minimum absolute atomic E-state index is 0.0406. The summed E-state index contributed by atoms with van der Waals surface area (Å²) in [5.74, 6) is -0.334. The molecule has 1 saturated carbocycles. The number of nitrogens with zero attached hydrogens (tertiary/aromatic N) is 1. The lowest BCUT2D eigenvalue weighted by molar-refractivity contribution is -0.159. The van der Waals surface area contributed by atoms with E-state index in [2.05, 4.69) is 20.4 Å². The summed E-state index contributed by atoms with van der Waals surface area (Å²) < 4.78 is 5.90. The number of amides is 2. The molecule has 1 aliphatic heterocycles. The molecule has 2 fully saturated rings. The first-order chi connectivity index (χ1) is 11.8. The van der Waals surface area contributed by atoms with Crippen molar-refractivity contribution in [2.75, 3.05) is 0 Å². The molecule has 0 unspecified atom stereocenters. The predicted molar refractivity (Wildman–Crippen MR) is 96.6 cm³/mol. The average molecular weight is 341 g/mol. The first-order valence-electron chi connectivity index (χ1n) is 8.97. The topological polar surface area (TPSA) is 46.6 Å². The highest BCUT2D eigenvalue weighted by molar-refractivity contribution is 6.02. The Hall–Kier alpha value is -1.94. The Bertz CT molecular complexity index is 682. The summed E-state index contributed by atoms with van der Waals surface area (Å²) in [5.41, 5.74) is 0.379. The molecule has 2 aliphatic rings. The van der Waals surface area contributed by atoms with Crippen molar-refractivity contribution in [3.8, 4) is 0 Å². The Morgan fingerprint density at radius 2 is 2.04 bits per heavy atom. The lowest BCUT2D eigenvalue weighted by atomic mass is 9.75. The number of imide groups is 1. The molecule has 1 aromatic carbocycles. The van der Waals surface area contributed by atoms with Crippen LogP contribution in [0.5, 0.6) is 0 Å². The number of likely N-dealkylation sites (tertiary alicyclic amines) is 1. The largest absolute Gasteiger partial charge is 0.363 e. The molecule has 1 aliphatic carbocycles. The molecule has 0 spiro atoms. The zero-order chi connectivity index (χ0) is 18.2. The van der Waals surface area contributed by atoms with Gasteiger partial charge in [0.05, 0.1) is 12.1 Å². The number of hydrogen-bond acceptors (Lipinski definition) is 3. The molecular weight excluding hydrogens is 314 g/mol. The Kier molecular flexibility index (Phi) is 4.58. The van der Waals surface area contributed by atoms with Gasteiger partial charge in [-0.2, -0.15) is 0 Å². The monoisotopic (exact) mass is 341 g/mol. The number of benzene rings is 1. The number of rotatable bonds is 6.